The third-order valence-corrected chi connectivity index (χ3v) is 7.91. The van der Waals surface area contributed by atoms with Gasteiger partial charge in [-0.2, -0.15) is 13.2 Å². The van der Waals surface area contributed by atoms with E-state index in [1.54, 1.807) is 17.5 Å². The summed E-state index contributed by atoms with van der Waals surface area (Å²) in [6.45, 7) is 6.38. The summed E-state index contributed by atoms with van der Waals surface area (Å²) in [4.78, 5) is 18.3. The summed E-state index contributed by atoms with van der Waals surface area (Å²) in [6.07, 6.45) is -1.87. The Bertz CT molecular complexity index is 1070. The Morgan fingerprint density at radius 1 is 1.26 bits per heavy atom. The topological polar surface area (TPSA) is 39.2 Å². The Morgan fingerprint density at radius 2 is 2.03 bits per heavy atom. The van der Waals surface area contributed by atoms with E-state index in [1.165, 1.54) is 17.4 Å². The van der Waals surface area contributed by atoms with E-state index in [1.807, 2.05) is 0 Å². The monoisotopic (exact) mass is 467 g/mol. The number of aromatic nitrogens is 1. The number of hydrogen-bond donors (Lipinski definition) is 0. The van der Waals surface area contributed by atoms with Crippen molar-refractivity contribution in [2.75, 3.05) is 0 Å². The number of halogens is 3. The number of ether oxygens (including phenoxy) is 1. The van der Waals surface area contributed by atoms with Crippen LogP contribution >= 0.6 is 22.7 Å². The summed E-state index contributed by atoms with van der Waals surface area (Å²) in [7, 11) is 0. The van der Waals surface area contributed by atoms with E-state index in [0.29, 0.717) is 16.7 Å². The minimum Gasteiger partial charge on any atom is -0.458 e. The second-order valence-electron chi connectivity index (χ2n) is 8.63. The van der Waals surface area contributed by atoms with Gasteiger partial charge in [0.1, 0.15) is 15.8 Å². The first-order valence-electron chi connectivity index (χ1n) is 10.4. The molecule has 0 unspecified atom stereocenters. The molecule has 1 aliphatic rings. The second kappa shape index (κ2) is 8.54. The molecule has 3 aromatic heterocycles. The number of rotatable bonds is 4. The lowest BCUT2D eigenvalue weighted by atomic mass is 9.75. The first-order valence-corrected chi connectivity index (χ1v) is 12.1. The van der Waals surface area contributed by atoms with Gasteiger partial charge in [-0.05, 0) is 54.2 Å². The lowest BCUT2D eigenvalue weighted by molar-refractivity contribution is -0.136. The first-order chi connectivity index (χ1) is 14.6. The zero-order chi connectivity index (χ0) is 22.3. The molecule has 4 rings (SSSR count). The van der Waals surface area contributed by atoms with Gasteiger partial charge in [-0.25, -0.2) is 9.78 Å². The maximum atomic E-state index is 13.8. The van der Waals surface area contributed by atoms with Crippen LogP contribution in [-0.4, -0.2) is 17.1 Å². The predicted molar refractivity (Wildman–Crippen MR) is 118 cm³/mol. The van der Waals surface area contributed by atoms with E-state index in [0.717, 1.165) is 36.7 Å². The molecule has 3 aromatic rings. The third-order valence-electron chi connectivity index (χ3n) is 6.01. The Hall–Kier alpha value is -1.93. The van der Waals surface area contributed by atoms with Gasteiger partial charge < -0.3 is 4.74 Å². The van der Waals surface area contributed by atoms with Crippen LogP contribution in [0, 0.1) is 17.8 Å². The van der Waals surface area contributed by atoms with Crippen LogP contribution in [0.2, 0.25) is 0 Å². The maximum Gasteiger partial charge on any atom is 0.417 e. The number of pyridine rings is 1. The van der Waals surface area contributed by atoms with E-state index in [2.05, 4.69) is 25.8 Å². The SMILES string of the molecule is CC(C)[C@H]1CC[C@@H](C)C[C@@H]1OC(=O)c1cc2c(C(F)(F)F)cc(-c3cccs3)nc2s1. The van der Waals surface area contributed by atoms with Gasteiger partial charge >= 0.3 is 12.1 Å². The fourth-order valence-corrected chi connectivity index (χ4v) is 5.97. The fraction of sp³-hybridized carbons (Fsp3) is 0.478. The molecular formula is C23H24F3NO2S2. The van der Waals surface area contributed by atoms with Crippen LogP contribution in [0.5, 0.6) is 0 Å². The molecule has 0 bridgehead atoms. The lowest BCUT2D eigenvalue weighted by Crippen LogP contribution is -2.35. The van der Waals surface area contributed by atoms with Crippen LogP contribution in [0.3, 0.4) is 0 Å². The summed E-state index contributed by atoms with van der Waals surface area (Å²) in [5, 5.41) is 1.74. The van der Waals surface area contributed by atoms with Crippen molar-refractivity contribution in [2.45, 2.75) is 52.3 Å². The molecule has 0 radical (unpaired) electrons. The highest BCUT2D eigenvalue weighted by Gasteiger charge is 2.36. The molecule has 0 aromatic carbocycles. The molecule has 166 valence electrons. The van der Waals surface area contributed by atoms with Crippen molar-refractivity contribution in [1.29, 1.82) is 0 Å². The van der Waals surface area contributed by atoms with Gasteiger partial charge in [0, 0.05) is 5.39 Å². The Kier molecular flexibility index (Phi) is 6.14. The Balaban J connectivity index is 1.69. The summed E-state index contributed by atoms with van der Waals surface area (Å²) < 4.78 is 47.2. The van der Waals surface area contributed by atoms with Gasteiger partial charge in [0.25, 0.3) is 0 Å². The molecule has 3 atom stereocenters. The fourth-order valence-electron chi connectivity index (χ4n) is 4.35. The Morgan fingerprint density at radius 3 is 2.68 bits per heavy atom. The normalized spacial score (nSPS) is 22.2. The van der Waals surface area contributed by atoms with Gasteiger partial charge in [-0.3, -0.25) is 0 Å². The van der Waals surface area contributed by atoms with Crippen molar-refractivity contribution < 1.29 is 22.7 Å². The summed E-state index contributed by atoms with van der Waals surface area (Å²) >= 11 is 2.29. The minimum atomic E-state index is -4.54. The summed E-state index contributed by atoms with van der Waals surface area (Å²) in [5.41, 5.74) is -0.514. The van der Waals surface area contributed by atoms with E-state index >= 15 is 0 Å². The molecule has 0 amide bonds. The number of hydrogen-bond acceptors (Lipinski definition) is 5. The predicted octanol–water partition coefficient (Wildman–Crippen LogP) is 7.66. The quantitative estimate of drug-likeness (QED) is 0.370. The molecular weight excluding hydrogens is 443 g/mol. The number of thiophene rings is 2. The van der Waals surface area contributed by atoms with Crippen LogP contribution in [0.1, 0.15) is 55.3 Å². The molecule has 1 fully saturated rings. The number of carbonyl (C=O) groups excluding carboxylic acids is 1. The van der Waals surface area contributed by atoms with Crippen molar-refractivity contribution in [1.82, 2.24) is 4.98 Å². The molecule has 31 heavy (non-hydrogen) atoms. The molecule has 0 saturated heterocycles. The van der Waals surface area contributed by atoms with Gasteiger partial charge in [-0.15, -0.1) is 22.7 Å². The number of esters is 1. The van der Waals surface area contributed by atoms with Gasteiger partial charge in [0.2, 0.25) is 0 Å². The van der Waals surface area contributed by atoms with Crippen LogP contribution < -0.4 is 0 Å². The number of nitrogens with zero attached hydrogens (tertiary/aromatic N) is 1. The summed E-state index contributed by atoms with van der Waals surface area (Å²) in [5.74, 6) is 0.545. The van der Waals surface area contributed by atoms with E-state index < -0.39 is 17.7 Å². The summed E-state index contributed by atoms with van der Waals surface area (Å²) in [6, 6.07) is 5.85. The van der Waals surface area contributed by atoms with Crippen LogP contribution in [0.25, 0.3) is 20.8 Å². The Labute approximate surface area is 187 Å². The van der Waals surface area contributed by atoms with E-state index in [-0.39, 0.29) is 32.8 Å². The molecule has 3 heterocycles. The maximum absolute atomic E-state index is 13.8. The average Bonchev–Trinajstić information content (AvgIpc) is 3.36. The van der Waals surface area contributed by atoms with Crippen molar-refractivity contribution in [2.24, 2.45) is 17.8 Å². The number of carbonyl (C=O) groups is 1. The number of fused-ring (bicyclic) bond motifs is 1. The molecule has 0 N–H and O–H groups in total. The van der Waals surface area contributed by atoms with E-state index in [9.17, 15) is 18.0 Å². The van der Waals surface area contributed by atoms with Crippen molar-refractivity contribution >= 4 is 38.9 Å². The second-order valence-corrected chi connectivity index (χ2v) is 10.6. The molecule has 8 heteroatoms. The molecule has 3 nitrogen and oxygen atoms in total. The highest BCUT2D eigenvalue weighted by molar-refractivity contribution is 7.20. The van der Waals surface area contributed by atoms with Gasteiger partial charge in [-0.1, -0.05) is 33.3 Å². The molecule has 0 aliphatic heterocycles. The lowest BCUT2D eigenvalue weighted by Gasteiger charge is -2.36. The average molecular weight is 468 g/mol. The zero-order valence-electron chi connectivity index (χ0n) is 17.5. The van der Waals surface area contributed by atoms with Crippen LogP contribution in [0.15, 0.2) is 29.6 Å². The molecule has 1 aliphatic carbocycles. The van der Waals surface area contributed by atoms with Crippen molar-refractivity contribution in [3.8, 4) is 10.6 Å². The van der Waals surface area contributed by atoms with E-state index in [4.69, 9.17) is 4.74 Å². The standard InChI is InChI=1S/C23H24F3NO2S2/c1-12(2)14-7-6-13(3)9-18(14)29-22(28)20-10-15-16(23(24,25)26)11-17(27-21(15)31-20)19-5-4-8-30-19/h4-5,8,10-14,18H,6-7,9H2,1-3H3/t13-,14-,18+/m1/s1. The molecule has 1 saturated carbocycles. The van der Waals surface area contributed by atoms with Crippen LogP contribution in [0.4, 0.5) is 13.2 Å². The third kappa shape index (κ3) is 4.65. The largest absolute Gasteiger partial charge is 0.458 e. The number of alkyl halides is 3. The highest BCUT2D eigenvalue weighted by Crippen LogP contribution is 2.41. The van der Waals surface area contributed by atoms with Crippen molar-refractivity contribution in [3.05, 3.63) is 40.1 Å². The van der Waals surface area contributed by atoms with Crippen LogP contribution in [-0.2, 0) is 10.9 Å². The zero-order valence-corrected chi connectivity index (χ0v) is 19.2. The highest BCUT2D eigenvalue weighted by atomic mass is 32.1. The molecule has 0 spiro atoms. The van der Waals surface area contributed by atoms with Gasteiger partial charge in [0.05, 0.1) is 16.1 Å². The van der Waals surface area contributed by atoms with Crippen molar-refractivity contribution in [3.63, 3.8) is 0 Å². The smallest absolute Gasteiger partial charge is 0.417 e. The first kappa shape index (κ1) is 22.3. The van der Waals surface area contributed by atoms with Gasteiger partial charge in [0.15, 0.2) is 0 Å². The minimum absolute atomic E-state index is 0.0535.